The van der Waals surface area contributed by atoms with Crippen molar-refractivity contribution >= 4 is 23.1 Å². The molecule has 3 rings (SSSR count). The van der Waals surface area contributed by atoms with Crippen LogP contribution in [0.4, 0.5) is 21.6 Å². The van der Waals surface area contributed by atoms with Gasteiger partial charge in [-0.15, -0.1) is 0 Å². The van der Waals surface area contributed by atoms with Gasteiger partial charge in [-0.3, -0.25) is 4.79 Å². The number of aryl methyl sites for hydroxylation is 1. The van der Waals surface area contributed by atoms with Gasteiger partial charge in [0.15, 0.2) is 0 Å². The van der Waals surface area contributed by atoms with Gasteiger partial charge in [0.05, 0.1) is 0 Å². The molecule has 1 aromatic heterocycles. The average molecular weight is 322 g/mol. The van der Waals surface area contributed by atoms with E-state index in [1.54, 1.807) is 31.2 Å². The Hall–Kier alpha value is -3.28. The summed E-state index contributed by atoms with van der Waals surface area (Å²) >= 11 is 0. The Labute approximate surface area is 138 Å². The van der Waals surface area contributed by atoms with E-state index in [0.717, 1.165) is 0 Å². The lowest BCUT2D eigenvalue weighted by atomic mass is 10.3. The quantitative estimate of drug-likeness (QED) is 0.764. The van der Waals surface area contributed by atoms with Crippen molar-refractivity contribution in [2.45, 2.75) is 6.92 Å². The van der Waals surface area contributed by atoms with Crippen LogP contribution in [0, 0.1) is 12.7 Å². The molecule has 0 saturated heterocycles. The predicted octanol–water partition coefficient (Wildman–Crippen LogP) is 3.92. The van der Waals surface area contributed by atoms with E-state index in [4.69, 9.17) is 0 Å². The van der Waals surface area contributed by atoms with E-state index in [1.807, 2.05) is 18.2 Å². The van der Waals surface area contributed by atoms with Gasteiger partial charge in [-0.05, 0) is 37.3 Å². The zero-order valence-electron chi connectivity index (χ0n) is 13.0. The number of hydrogen-bond donors (Lipinski definition) is 2. The molecule has 0 aliphatic heterocycles. The van der Waals surface area contributed by atoms with Crippen molar-refractivity contribution in [1.82, 2.24) is 9.97 Å². The molecule has 2 aromatic carbocycles. The summed E-state index contributed by atoms with van der Waals surface area (Å²) in [5.41, 5.74) is 1.45. The first kappa shape index (κ1) is 15.6. The summed E-state index contributed by atoms with van der Waals surface area (Å²) in [6, 6.07) is 16.6. The lowest BCUT2D eigenvalue weighted by molar-refractivity contribution is 0.102. The second kappa shape index (κ2) is 6.87. The summed E-state index contributed by atoms with van der Waals surface area (Å²) in [5, 5.41) is 5.74. The summed E-state index contributed by atoms with van der Waals surface area (Å²) < 4.78 is 13.3. The van der Waals surface area contributed by atoms with Crippen molar-refractivity contribution in [2.24, 2.45) is 0 Å². The Morgan fingerprint density at radius 1 is 0.958 bits per heavy atom. The molecule has 120 valence electrons. The molecule has 0 aliphatic rings. The number of nitrogens with one attached hydrogen (secondary N) is 2. The van der Waals surface area contributed by atoms with Crippen molar-refractivity contribution < 1.29 is 9.18 Å². The van der Waals surface area contributed by atoms with Crippen LogP contribution in [0.5, 0.6) is 0 Å². The second-order valence-corrected chi connectivity index (χ2v) is 5.14. The van der Waals surface area contributed by atoms with Gasteiger partial charge in [-0.25, -0.2) is 14.4 Å². The van der Waals surface area contributed by atoms with Gasteiger partial charge in [-0.2, -0.15) is 0 Å². The molecule has 1 amide bonds. The Kier molecular flexibility index (Phi) is 4.47. The van der Waals surface area contributed by atoms with Crippen LogP contribution in [-0.4, -0.2) is 15.9 Å². The molecule has 0 unspecified atom stereocenters. The molecular weight excluding hydrogens is 307 g/mol. The minimum atomic E-state index is -0.354. The summed E-state index contributed by atoms with van der Waals surface area (Å²) in [7, 11) is 0. The van der Waals surface area contributed by atoms with Crippen molar-refractivity contribution in [1.29, 1.82) is 0 Å². The molecule has 24 heavy (non-hydrogen) atoms. The monoisotopic (exact) mass is 322 g/mol. The Bertz CT molecular complexity index is 868. The van der Waals surface area contributed by atoms with Crippen LogP contribution in [0.3, 0.4) is 0 Å². The number of rotatable bonds is 4. The Morgan fingerprint density at radius 2 is 1.71 bits per heavy atom. The van der Waals surface area contributed by atoms with Crippen LogP contribution in [0.25, 0.3) is 0 Å². The minimum absolute atomic E-state index is 0.227. The van der Waals surface area contributed by atoms with E-state index < -0.39 is 0 Å². The third kappa shape index (κ3) is 3.92. The summed E-state index contributed by atoms with van der Waals surface area (Å²) in [6.45, 7) is 1.69. The highest BCUT2D eigenvalue weighted by Crippen LogP contribution is 2.17. The summed E-state index contributed by atoms with van der Waals surface area (Å²) in [6.07, 6.45) is 0. The molecule has 0 spiro atoms. The van der Waals surface area contributed by atoms with Crippen LogP contribution < -0.4 is 10.6 Å². The number of nitrogens with zero attached hydrogens (tertiary/aromatic N) is 2. The predicted molar refractivity (Wildman–Crippen MR) is 90.8 cm³/mol. The molecule has 0 fully saturated rings. The van der Waals surface area contributed by atoms with E-state index in [2.05, 4.69) is 20.6 Å². The summed E-state index contributed by atoms with van der Waals surface area (Å²) in [4.78, 5) is 20.7. The number of amides is 1. The highest BCUT2D eigenvalue weighted by atomic mass is 19.1. The first-order valence-electron chi connectivity index (χ1n) is 7.35. The zero-order valence-corrected chi connectivity index (χ0v) is 13.0. The number of anilines is 3. The highest BCUT2D eigenvalue weighted by Gasteiger charge is 2.11. The highest BCUT2D eigenvalue weighted by molar-refractivity contribution is 6.03. The maximum absolute atomic E-state index is 13.3. The van der Waals surface area contributed by atoms with Crippen molar-refractivity contribution in [2.75, 3.05) is 10.6 Å². The van der Waals surface area contributed by atoms with Crippen LogP contribution in [0.2, 0.25) is 0 Å². The molecular formula is C18H15FN4O. The van der Waals surface area contributed by atoms with Crippen molar-refractivity contribution in [3.05, 3.63) is 78.0 Å². The van der Waals surface area contributed by atoms with Gasteiger partial charge in [0.2, 0.25) is 0 Å². The molecule has 6 heteroatoms. The SMILES string of the molecule is Cc1nc(Nc2cccc(F)c2)cc(C(=O)Nc2ccccc2)n1. The minimum Gasteiger partial charge on any atom is -0.340 e. The molecule has 0 saturated carbocycles. The largest absolute Gasteiger partial charge is 0.340 e. The number of carbonyl (C=O) groups is 1. The van der Waals surface area contributed by atoms with Gasteiger partial charge >= 0.3 is 0 Å². The van der Waals surface area contributed by atoms with E-state index in [1.165, 1.54) is 18.2 Å². The number of para-hydroxylation sites is 1. The van der Waals surface area contributed by atoms with Crippen LogP contribution in [-0.2, 0) is 0 Å². The van der Waals surface area contributed by atoms with Crippen LogP contribution in [0.1, 0.15) is 16.3 Å². The molecule has 1 heterocycles. The van der Waals surface area contributed by atoms with E-state index >= 15 is 0 Å². The van der Waals surface area contributed by atoms with Crippen LogP contribution in [0.15, 0.2) is 60.7 Å². The fraction of sp³-hybridized carbons (Fsp3) is 0.0556. The molecule has 3 aromatic rings. The van der Waals surface area contributed by atoms with Crippen molar-refractivity contribution in [3.63, 3.8) is 0 Å². The third-order valence-corrected chi connectivity index (χ3v) is 3.20. The molecule has 0 radical (unpaired) electrons. The molecule has 0 atom stereocenters. The second-order valence-electron chi connectivity index (χ2n) is 5.14. The molecule has 5 nitrogen and oxygen atoms in total. The molecule has 2 N–H and O–H groups in total. The third-order valence-electron chi connectivity index (χ3n) is 3.20. The van der Waals surface area contributed by atoms with Crippen LogP contribution >= 0.6 is 0 Å². The fourth-order valence-corrected chi connectivity index (χ4v) is 2.18. The first-order valence-corrected chi connectivity index (χ1v) is 7.35. The Balaban J connectivity index is 1.82. The van der Waals surface area contributed by atoms with Gasteiger partial charge in [-0.1, -0.05) is 24.3 Å². The topological polar surface area (TPSA) is 66.9 Å². The average Bonchev–Trinajstić information content (AvgIpc) is 2.55. The van der Waals surface area contributed by atoms with E-state index in [-0.39, 0.29) is 17.4 Å². The standard InChI is InChI=1S/C18H15FN4O/c1-12-20-16(18(24)23-14-7-3-2-4-8-14)11-17(21-12)22-15-9-5-6-13(19)10-15/h2-11H,1H3,(H,23,24)(H,20,21,22). The Morgan fingerprint density at radius 3 is 2.46 bits per heavy atom. The smallest absolute Gasteiger partial charge is 0.274 e. The normalized spacial score (nSPS) is 10.2. The number of hydrogen-bond acceptors (Lipinski definition) is 4. The van der Waals surface area contributed by atoms with Gasteiger partial charge < -0.3 is 10.6 Å². The fourth-order valence-electron chi connectivity index (χ4n) is 2.18. The number of aromatic nitrogens is 2. The molecule has 0 bridgehead atoms. The van der Waals surface area contributed by atoms with Gasteiger partial charge in [0, 0.05) is 17.4 Å². The van der Waals surface area contributed by atoms with E-state index in [0.29, 0.717) is 23.0 Å². The number of halogens is 1. The maximum atomic E-state index is 13.3. The number of carbonyl (C=O) groups excluding carboxylic acids is 1. The lowest BCUT2D eigenvalue weighted by Crippen LogP contribution is -2.15. The maximum Gasteiger partial charge on any atom is 0.274 e. The van der Waals surface area contributed by atoms with Gasteiger partial charge in [0.25, 0.3) is 5.91 Å². The van der Waals surface area contributed by atoms with Crippen molar-refractivity contribution in [3.8, 4) is 0 Å². The summed E-state index contributed by atoms with van der Waals surface area (Å²) in [5.74, 6) is 0.169. The zero-order chi connectivity index (χ0) is 16.9. The first-order chi connectivity index (χ1) is 11.6. The lowest BCUT2D eigenvalue weighted by Gasteiger charge is -2.09. The van der Waals surface area contributed by atoms with Gasteiger partial charge in [0.1, 0.15) is 23.2 Å². The van der Waals surface area contributed by atoms with E-state index in [9.17, 15) is 9.18 Å². The molecule has 0 aliphatic carbocycles. The number of benzene rings is 2.